The van der Waals surface area contributed by atoms with E-state index in [4.69, 9.17) is 15.9 Å². The molecule has 0 radical (unpaired) electrons. The lowest BCUT2D eigenvalue weighted by molar-refractivity contribution is -0.146. The number of nitrogens with two attached hydrogens (primary N) is 1. The molecule has 0 saturated heterocycles. The predicted octanol–water partition coefficient (Wildman–Crippen LogP) is -1.55. The third kappa shape index (κ3) is 3.34. The number of carbonyl (C=O) groups excluding carboxylic acids is 1. The van der Waals surface area contributed by atoms with Gasteiger partial charge in [0.2, 0.25) is 5.91 Å². The molecule has 0 aromatic carbocycles. The van der Waals surface area contributed by atoms with Gasteiger partial charge in [-0.15, -0.1) is 0 Å². The van der Waals surface area contributed by atoms with Crippen molar-refractivity contribution in [1.29, 1.82) is 0 Å². The molecule has 84 valence electrons. The van der Waals surface area contributed by atoms with Gasteiger partial charge in [0.15, 0.2) is 6.10 Å². The van der Waals surface area contributed by atoms with Crippen molar-refractivity contribution in [2.24, 2.45) is 11.7 Å². The quantitative estimate of drug-likeness (QED) is 0.423. The van der Waals surface area contributed by atoms with Gasteiger partial charge in [-0.1, -0.05) is 12.2 Å². The highest BCUT2D eigenvalue weighted by molar-refractivity contribution is 5.82. The topological polar surface area (TPSA) is 113 Å². The van der Waals surface area contributed by atoms with Crippen molar-refractivity contribution in [3.05, 3.63) is 12.2 Å². The number of amides is 1. The van der Waals surface area contributed by atoms with Crippen LogP contribution < -0.4 is 11.1 Å². The Labute approximate surface area is 86.8 Å². The molecule has 1 aliphatic rings. The van der Waals surface area contributed by atoms with Crippen LogP contribution in [0.15, 0.2) is 12.2 Å². The largest absolute Gasteiger partial charge is 0.479 e. The Balaban J connectivity index is 2.31. The fourth-order valence-electron chi connectivity index (χ4n) is 1.34. The molecule has 0 spiro atoms. The first-order valence-corrected chi connectivity index (χ1v) is 4.63. The van der Waals surface area contributed by atoms with E-state index in [9.17, 15) is 9.59 Å². The Morgan fingerprint density at radius 3 is 2.67 bits per heavy atom. The van der Waals surface area contributed by atoms with E-state index >= 15 is 0 Å². The van der Waals surface area contributed by atoms with Crippen LogP contribution in [0.1, 0.15) is 6.42 Å². The maximum Gasteiger partial charge on any atom is 0.334 e. The molecular weight excluding hydrogens is 200 g/mol. The number of aliphatic carboxylic acids is 1. The summed E-state index contributed by atoms with van der Waals surface area (Å²) in [5.41, 5.74) is 5.56. The van der Waals surface area contributed by atoms with Crippen molar-refractivity contribution < 1.29 is 19.8 Å². The molecule has 0 saturated carbocycles. The lowest BCUT2D eigenvalue weighted by Crippen LogP contribution is -2.39. The zero-order valence-electron chi connectivity index (χ0n) is 8.09. The van der Waals surface area contributed by atoms with Crippen LogP contribution in [-0.2, 0) is 9.59 Å². The van der Waals surface area contributed by atoms with E-state index in [-0.39, 0.29) is 24.4 Å². The fourth-order valence-corrected chi connectivity index (χ4v) is 1.34. The first-order valence-electron chi connectivity index (χ1n) is 4.63. The molecular formula is C9H14N2O4. The van der Waals surface area contributed by atoms with Crippen LogP contribution in [0.5, 0.6) is 0 Å². The summed E-state index contributed by atoms with van der Waals surface area (Å²) in [6.07, 6.45) is 2.38. The van der Waals surface area contributed by atoms with Gasteiger partial charge in [-0.3, -0.25) is 4.79 Å². The molecule has 5 N–H and O–H groups in total. The summed E-state index contributed by atoms with van der Waals surface area (Å²) >= 11 is 0. The summed E-state index contributed by atoms with van der Waals surface area (Å²) in [6.45, 7) is -0.284. The lowest BCUT2D eigenvalue weighted by Gasteiger charge is -2.11. The minimum Gasteiger partial charge on any atom is -0.479 e. The number of carboxylic acid groups (broad SMARTS) is 1. The van der Waals surface area contributed by atoms with Crippen molar-refractivity contribution >= 4 is 11.9 Å². The average Bonchev–Trinajstić information content (AvgIpc) is 2.60. The van der Waals surface area contributed by atoms with Gasteiger partial charge in [0.25, 0.3) is 0 Å². The van der Waals surface area contributed by atoms with E-state index in [2.05, 4.69) is 5.32 Å². The van der Waals surface area contributed by atoms with Gasteiger partial charge < -0.3 is 21.3 Å². The van der Waals surface area contributed by atoms with Crippen molar-refractivity contribution in [1.82, 2.24) is 5.32 Å². The zero-order valence-corrected chi connectivity index (χ0v) is 8.09. The first kappa shape index (κ1) is 11.7. The molecule has 1 aliphatic carbocycles. The Hall–Kier alpha value is -1.40. The summed E-state index contributed by atoms with van der Waals surface area (Å²) in [5.74, 6) is -1.98. The molecule has 0 aromatic heterocycles. The molecule has 3 atom stereocenters. The molecule has 0 heterocycles. The second-order valence-electron chi connectivity index (χ2n) is 3.49. The summed E-state index contributed by atoms with van der Waals surface area (Å²) in [4.78, 5) is 21.6. The van der Waals surface area contributed by atoms with Crippen LogP contribution in [0.3, 0.4) is 0 Å². The molecule has 6 heteroatoms. The number of nitrogens with one attached hydrogen (secondary N) is 1. The average molecular weight is 214 g/mol. The minimum absolute atomic E-state index is 0.120. The van der Waals surface area contributed by atoms with Gasteiger partial charge >= 0.3 is 5.97 Å². The molecule has 0 fully saturated rings. The molecule has 0 aromatic rings. The lowest BCUT2D eigenvalue weighted by atomic mass is 10.1. The molecule has 0 bridgehead atoms. The van der Waals surface area contributed by atoms with E-state index in [1.165, 1.54) is 0 Å². The van der Waals surface area contributed by atoms with Gasteiger partial charge in [0, 0.05) is 6.04 Å². The maximum absolute atomic E-state index is 11.4. The minimum atomic E-state index is -1.56. The Bertz CT molecular complexity index is 290. The van der Waals surface area contributed by atoms with E-state index in [0.717, 1.165) is 0 Å². The third-order valence-electron chi connectivity index (χ3n) is 2.21. The van der Waals surface area contributed by atoms with E-state index in [1.54, 1.807) is 12.2 Å². The standard InChI is InChI=1S/C9H14N2O4/c10-6-2-1-5(3-6)8(13)11-4-7(12)9(14)15/h1-2,5-7,12H,3-4,10H2,(H,11,13)(H,14,15)/t5?,6?,7-/m0/s1. The summed E-state index contributed by atoms with van der Waals surface area (Å²) in [5, 5.41) is 19.6. The first-order chi connectivity index (χ1) is 7.00. The second kappa shape index (κ2) is 4.90. The van der Waals surface area contributed by atoms with Crippen molar-refractivity contribution in [2.75, 3.05) is 6.54 Å². The van der Waals surface area contributed by atoms with Crippen LogP contribution in [0, 0.1) is 5.92 Å². The molecule has 6 nitrogen and oxygen atoms in total. The summed E-state index contributed by atoms with van der Waals surface area (Å²) in [7, 11) is 0. The third-order valence-corrected chi connectivity index (χ3v) is 2.21. The molecule has 1 rings (SSSR count). The smallest absolute Gasteiger partial charge is 0.334 e. The molecule has 2 unspecified atom stereocenters. The number of rotatable bonds is 4. The van der Waals surface area contributed by atoms with Gasteiger partial charge in [-0.05, 0) is 6.42 Å². The van der Waals surface area contributed by atoms with Crippen LogP contribution >= 0.6 is 0 Å². The van der Waals surface area contributed by atoms with E-state index in [0.29, 0.717) is 6.42 Å². The summed E-state index contributed by atoms with van der Waals surface area (Å²) in [6, 6.07) is -0.120. The summed E-state index contributed by atoms with van der Waals surface area (Å²) < 4.78 is 0. The fraction of sp³-hybridized carbons (Fsp3) is 0.556. The predicted molar refractivity (Wildman–Crippen MR) is 51.9 cm³/mol. The van der Waals surface area contributed by atoms with Crippen molar-refractivity contribution in [3.63, 3.8) is 0 Å². The van der Waals surface area contributed by atoms with Crippen LogP contribution in [0.2, 0.25) is 0 Å². The van der Waals surface area contributed by atoms with Crippen LogP contribution in [-0.4, -0.2) is 40.8 Å². The van der Waals surface area contributed by atoms with Crippen molar-refractivity contribution in [3.8, 4) is 0 Å². The molecule has 1 amide bonds. The second-order valence-corrected chi connectivity index (χ2v) is 3.49. The monoisotopic (exact) mass is 214 g/mol. The Morgan fingerprint density at radius 2 is 2.20 bits per heavy atom. The van der Waals surface area contributed by atoms with Gasteiger partial charge in [-0.25, -0.2) is 4.79 Å². The SMILES string of the molecule is NC1C=CC(C(=O)NC[C@H](O)C(=O)O)C1. The Morgan fingerprint density at radius 1 is 1.53 bits per heavy atom. The van der Waals surface area contributed by atoms with Gasteiger partial charge in [0.05, 0.1) is 12.5 Å². The highest BCUT2D eigenvalue weighted by Gasteiger charge is 2.23. The zero-order chi connectivity index (χ0) is 11.4. The van der Waals surface area contributed by atoms with Gasteiger partial charge in [0.1, 0.15) is 0 Å². The van der Waals surface area contributed by atoms with Crippen LogP contribution in [0.4, 0.5) is 0 Å². The van der Waals surface area contributed by atoms with E-state index in [1.807, 2.05) is 0 Å². The number of hydrogen-bond donors (Lipinski definition) is 4. The number of aliphatic hydroxyl groups excluding tert-OH is 1. The maximum atomic E-state index is 11.4. The highest BCUT2D eigenvalue weighted by Crippen LogP contribution is 2.15. The number of carboxylic acids is 1. The van der Waals surface area contributed by atoms with Gasteiger partial charge in [-0.2, -0.15) is 0 Å². The molecule has 15 heavy (non-hydrogen) atoms. The number of carbonyl (C=O) groups is 2. The van der Waals surface area contributed by atoms with Crippen LogP contribution in [0.25, 0.3) is 0 Å². The molecule has 0 aliphatic heterocycles. The highest BCUT2D eigenvalue weighted by atomic mass is 16.4. The Kier molecular flexibility index (Phi) is 3.81. The number of aliphatic hydroxyl groups is 1. The van der Waals surface area contributed by atoms with Crippen molar-refractivity contribution in [2.45, 2.75) is 18.6 Å². The van der Waals surface area contributed by atoms with E-state index < -0.39 is 12.1 Å². The number of hydrogen-bond acceptors (Lipinski definition) is 4. The normalized spacial score (nSPS) is 26.3.